The van der Waals surface area contributed by atoms with Gasteiger partial charge in [-0.05, 0) is 40.8 Å². The van der Waals surface area contributed by atoms with Crippen LogP contribution in [0.3, 0.4) is 0 Å². The van der Waals surface area contributed by atoms with Gasteiger partial charge >= 0.3 is 6.09 Å². The molecule has 1 aliphatic heterocycles. The lowest BCUT2D eigenvalue weighted by atomic mass is 9.84. The van der Waals surface area contributed by atoms with Gasteiger partial charge in [0.15, 0.2) is 0 Å². The minimum atomic E-state index is -0.815. The number of benzene rings is 2. The second kappa shape index (κ2) is 10.3. The number of nitrogens with zero attached hydrogens (tertiary/aromatic N) is 3. The van der Waals surface area contributed by atoms with Gasteiger partial charge in [0.05, 0.1) is 12.6 Å². The predicted molar refractivity (Wildman–Crippen MR) is 130 cm³/mol. The van der Waals surface area contributed by atoms with Crippen molar-refractivity contribution < 1.29 is 14.6 Å². The van der Waals surface area contributed by atoms with Crippen molar-refractivity contribution in [3.8, 4) is 5.75 Å². The van der Waals surface area contributed by atoms with E-state index in [9.17, 15) is 9.90 Å². The minimum absolute atomic E-state index is 0.00281. The molecular weight excluding hydrogens is 402 g/mol. The number of rotatable bonds is 7. The zero-order chi connectivity index (χ0) is 23.3. The number of anilines is 1. The number of hydrogen-bond acceptors (Lipinski definition) is 4. The first-order valence-corrected chi connectivity index (χ1v) is 11.3. The summed E-state index contributed by atoms with van der Waals surface area (Å²) in [7, 11) is 4.05. The van der Waals surface area contributed by atoms with Crippen molar-refractivity contribution in [1.82, 2.24) is 9.80 Å². The van der Waals surface area contributed by atoms with Crippen LogP contribution < -0.4 is 9.64 Å². The maximum Gasteiger partial charge on any atom is 0.407 e. The van der Waals surface area contributed by atoms with Crippen LogP contribution in [0.25, 0.3) is 0 Å². The van der Waals surface area contributed by atoms with Crippen molar-refractivity contribution in [2.45, 2.75) is 39.8 Å². The van der Waals surface area contributed by atoms with Crippen LogP contribution in [-0.4, -0.2) is 67.4 Å². The highest BCUT2D eigenvalue weighted by Crippen LogP contribution is 2.28. The zero-order valence-electron chi connectivity index (χ0n) is 20.0. The van der Waals surface area contributed by atoms with Crippen LogP contribution in [0.5, 0.6) is 5.75 Å². The molecule has 174 valence electrons. The minimum Gasteiger partial charge on any atom is -0.493 e. The number of carboxylic acid groups (broad SMARTS) is 1. The summed E-state index contributed by atoms with van der Waals surface area (Å²) in [6.07, 6.45) is 0.0452. The second-order valence-electron chi connectivity index (χ2n) is 9.90. The molecule has 1 aliphatic rings. The molecule has 0 saturated carbocycles. The van der Waals surface area contributed by atoms with Crippen molar-refractivity contribution >= 4 is 11.8 Å². The van der Waals surface area contributed by atoms with Gasteiger partial charge in [0.1, 0.15) is 5.75 Å². The van der Waals surface area contributed by atoms with Gasteiger partial charge in [0, 0.05) is 52.4 Å². The number of piperazine rings is 1. The van der Waals surface area contributed by atoms with Crippen LogP contribution in [0.15, 0.2) is 48.5 Å². The van der Waals surface area contributed by atoms with E-state index >= 15 is 0 Å². The Kier molecular flexibility index (Phi) is 7.67. The van der Waals surface area contributed by atoms with Crippen molar-refractivity contribution in [3.05, 3.63) is 59.7 Å². The monoisotopic (exact) mass is 439 g/mol. The van der Waals surface area contributed by atoms with E-state index in [-0.39, 0.29) is 11.5 Å². The first-order valence-electron chi connectivity index (χ1n) is 11.3. The molecule has 2 aromatic rings. The summed E-state index contributed by atoms with van der Waals surface area (Å²) in [5.74, 6) is 0.890. The van der Waals surface area contributed by atoms with Gasteiger partial charge in [-0.3, -0.25) is 4.90 Å². The lowest BCUT2D eigenvalue weighted by Gasteiger charge is -2.46. The number of ether oxygens (including phenoxy) is 1. The van der Waals surface area contributed by atoms with Gasteiger partial charge in [0.2, 0.25) is 0 Å². The highest BCUT2D eigenvalue weighted by atomic mass is 16.5. The summed E-state index contributed by atoms with van der Waals surface area (Å²) in [5, 5.41) is 9.55. The van der Waals surface area contributed by atoms with Crippen LogP contribution in [0.2, 0.25) is 0 Å². The van der Waals surface area contributed by atoms with Crippen LogP contribution in [-0.2, 0) is 13.0 Å². The Bertz CT molecular complexity index is 873. The molecule has 1 heterocycles. The third kappa shape index (κ3) is 6.39. The standard InChI is InChI=1S/C26H37N3O3/c1-26(2,3)24-19-28(15-16-29(24)25(30)31)18-21-8-6-20(7-9-21)14-17-32-23-12-10-22(11-13-23)27(4)5/h6-13,24H,14-19H2,1-5H3,(H,30,31). The molecule has 0 spiro atoms. The lowest BCUT2D eigenvalue weighted by Crippen LogP contribution is -2.59. The van der Waals surface area contributed by atoms with E-state index in [1.807, 2.05) is 26.2 Å². The van der Waals surface area contributed by atoms with E-state index in [0.29, 0.717) is 13.2 Å². The quantitative estimate of drug-likeness (QED) is 0.684. The molecule has 0 radical (unpaired) electrons. The van der Waals surface area contributed by atoms with Gasteiger partial charge < -0.3 is 19.6 Å². The molecule has 32 heavy (non-hydrogen) atoms. The maximum absolute atomic E-state index is 11.6. The molecule has 1 atom stereocenters. The maximum atomic E-state index is 11.6. The summed E-state index contributed by atoms with van der Waals surface area (Å²) < 4.78 is 5.89. The van der Waals surface area contributed by atoms with E-state index in [1.54, 1.807) is 4.90 Å². The third-order valence-electron chi connectivity index (χ3n) is 6.15. The summed E-state index contributed by atoms with van der Waals surface area (Å²) >= 11 is 0. The number of amides is 1. The molecule has 0 aliphatic carbocycles. The summed E-state index contributed by atoms with van der Waals surface area (Å²) in [6, 6.07) is 16.8. The molecule has 0 aromatic heterocycles. The fraction of sp³-hybridized carbons (Fsp3) is 0.500. The third-order valence-corrected chi connectivity index (χ3v) is 6.15. The van der Waals surface area contributed by atoms with Gasteiger partial charge in [0.25, 0.3) is 0 Å². The highest BCUT2D eigenvalue weighted by Gasteiger charge is 2.37. The smallest absolute Gasteiger partial charge is 0.407 e. The van der Waals surface area contributed by atoms with Crippen LogP contribution in [0.1, 0.15) is 31.9 Å². The summed E-state index contributed by atoms with van der Waals surface area (Å²) in [4.78, 5) is 17.7. The molecule has 6 heteroatoms. The SMILES string of the molecule is CN(C)c1ccc(OCCc2ccc(CN3CCN(C(=O)O)C(C(C)(C)C)C3)cc2)cc1. The van der Waals surface area contributed by atoms with Crippen LogP contribution in [0, 0.1) is 5.41 Å². The Hall–Kier alpha value is -2.73. The molecule has 1 saturated heterocycles. The number of carbonyl (C=O) groups is 1. The molecule has 2 aromatic carbocycles. The van der Waals surface area contributed by atoms with E-state index in [2.05, 4.69) is 67.0 Å². The van der Waals surface area contributed by atoms with Crippen LogP contribution in [0.4, 0.5) is 10.5 Å². The number of hydrogen-bond donors (Lipinski definition) is 1. The lowest BCUT2D eigenvalue weighted by molar-refractivity contribution is 0.0190. The zero-order valence-corrected chi connectivity index (χ0v) is 20.0. The molecule has 1 unspecified atom stereocenters. The van der Waals surface area contributed by atoms with Crippen molar-refractivity contribution in [3.63, 3.8) is 0 Å². The molecule has 3 rings (SSSR count). The Morgan fingerprint density at radius 3 is 2.22 bits per heavy atom. The van der Waals surface area contributed by atoms with Crippen molar-refractivity contribution in [2.75, 3.05) is 45.2 Å². The molecule has 0 bridgehead atoms. The van der Waals surface area contributed by atoms with Gasteiger partial charge in [-0.15, -0.1) is 0 Å². The summed E-state index contributed by atoms with van der Waals surface area (Å²) in [6.45, 7) is 9.92. The molecule has 1 N–H and O–H groups in total. The van der Waals surface area contributed by atoms with E-state index < -0.39 is 6.09 Å². The van der Waals surface area contributed by atoms with Gasteiger partial charge in [-0.1, -0.05) is 45.0 Å². The predicted octanol–water partition coefficient (Wildman–Crippen LogP) is 4.58. The fourth-order valence-corrected chi connectivity index (χ4v) is 4.15. The molecule has 1 fully saturated rings. The second-order valence-corrected chi connectivity index (χ2v) is 9.90. The molecular formula is C26H37N3O3. The summed E-state index contributed by atoms with van der Waals surface area (Å²) in [5.41, 5.74) is 3.58. The first-order chi connectivity index (χ1) is 15.1. The average molecular weight is 440 g/mol. The van der Waals surface area contributed by atoms with E-state index in [4.69, 9.17) is 4.74 Å². The molecule has 6 nitrogen and oxygen atoms in total. The van der Waals surface area contributed by atoms with Crippen molar-refractivity contribution in [1.29, 1.82) is 0 Å². The molecule has 1 amide bonds. The highest BCUT2D eigenvalue weighted by molar-refractivity contribution is 5.65. The topological polar surface area (TPSA) is 56.2 Å². The Balaban J connectivity index is 1.49. The van der Waals surface area contributed by atoms with Gasteiger partial charge in [-0.25, -0.2) is 4.79 Å². The average Bonchev–Trinajstić information content (AvgIpc) is 2.74. The Morgan fingerprint density at radius 1 is 1.03 bits per heavy atom. The first kappa shape index (κ1) is 23.9. The van der Waals surface area contributed by atoms with E-state index in [1.165, 1.54) is 11.1 Å². The van der Waals surface area contributed by atoms with E-state index in [0.717, 1.165) is 37.5 Å². The van der Waals surface area contributed by atoms with Crippen molar-refractivity contribution in [2.24, 2.45) is 5.41 Å². The van der Waals surface area contributed by atoms with Gasteiger partial charge in [-0.2, -0.15) is 0 Å². The Labute approximate surface area is 192 Å². The largest absolute Gasteiger partial charge is 0.493 e. The normalized spacial score (nSPS) is 17.3. The fourth-order valence-electron chi connectivity index (χ4n) is 4.15. The van der Waals surface area contributed by atoms with Crippen LogP contribution >= 0.6 is 0 Å². The Morgan fingerprint density at radius 2 is 1.66 bits per heavy atom.